The Morgan fingerprint density at radius 1 is 0.577 bits per heavy atom. The summed E-state index contributed by atoms with van der Waals surface area (Å²) >= 11 is 0. The molecule has 5 heteroatoms. The zero-order valence-electron chi connectivity index (χ0n) is 28.4. The highest BCUT2D eigenvalue weighted by Crippen LogP contribution is 2.38. The third kappa shape index (κ3) is 4.82. The molecule has 0 spiro atoms. The van der Waals surface area contributed by atoms with Crippen molar-refractivity contribution in [2.75, 3.05) is 0 Å². The van der Waals surface area contributed by atoms with Gasteiger partial charge >= 0.3 is 0 Å². The number of aromatic nitrogens is 4. The molecule has 0 aliphatic heterocycles. The van der Waals surface area contributed by atoms with E-state index in [1.165, 1.54) is 16.2 Å². The van der Waals surface area contributed by atoms with Gasteiger partial charge in [0.2, 0.25) is 0 Å². The third-order valence-electron chi connectivity index (χ3n) is 10.2. The average Bonchev–Trinajstić information content (AvgIpc) is 3.73. The topological polar surface area (TPSA) is 56.7 Å². The molecule has 0 saturated carbocycles. The number of nitrogens with zero attached hydrogens (tertiary/aromatic N) is 4. The third-order valence-corrected chi connectivity index (χ3v) is 10.2. The minimum Gasteiger partial charge on any atom is -0.456 e. The largest absolute Gasteiger partial charge is 0.456 e. The predicted octanol–water partition coefficient (Wildman–Crippen LogP) is 12.4. The molecular formula is C47H32N4O. The van der Waals surface area contributed by atoms with Gasteiger partial charge in [0.15, 0.2) is 17.5 Å². The van der Waals surface area contributed by atoms with Crippen LogP contribution in [0.5, 0.6) is 0 Å². The lowest BCUT2D eigenvalue weighted by molar-refractivity contribution is 0.668. The van der Waals surface area contributed by atoms with Crippen LogP contribution in [0.25, 0.3) is 101 Å². The molecule has 0 amide bonds. The van der Waals surface area contributed by atoms with E-state index in [9.17, 15) is 0 Å². The van der Waals surface area contributed by atoms with Crippen molar-refractivity contribution in [2.24, 2.45) is 0 Å². The molecule has 0 saturated heterocycles. The first kappa shape index (κ1) is 30.0. The Morgan fingerprint density at radius 3 is 1.96 bits per heavy atom. The van der Waals surface area contributed by atoms with Gasteiger partial charge in [-0.3, -0.25) is 0 Å². The van der Waals surface area contributed by atoms with Crippen LogP contribution >= 0.6 is 0 Å². The number of furan rings is 1. The molecule has 0 fully saturated rings. The number of allylic oxidation sites excluding steroid dienone is 4. The van der Waals surface area contributed by atoms with Gasteiger partial charge in [-0.05, 0) is 82.9 Å². The lowest BCUT2D eigenvalue weighted by Gasteiger charge is -2.11. The molecule has 1 aliphatic carbocycles. The van der Waals surface area contributed by atoms with Gasteiger partial charge in [-0.2, -0.15) is 0 Å². The Hall–Kier alpha value is -6.85. The van der Waals surface area contributed by atoms with Crippen LogP contribution in [0, 0.1) is 0 Å². The second-order valence-electron chi connectivity index (χ2n) is 13.3. The van der Waals surface area contributed by atoms with Crippen LogP contribution in [0.15, 0.2) is 151 Å². The molecular weight excluding hydrogens is 637 g/mol. The molecule has 10 rings (SSSR count). The first-order valence-electron chi connectivity index (χ1n) is 17.6. The SMILES string of the molecule is C=Cc1c(C=C)n(-c2ccc3c(c2)oc2cc(-c4nc(C5=CCCC=C5)nc(-c5ccc6ccccc6c5)n4)ccc23)c2cc3ccccc3cc12. The summed E-state index contributed by atoms with van der Waals surface area (Å²) in [6.45, 7) is 8.34. The second-order valence-corrected chi connectivity index (χ2v) is 13.3. The maximum absolute atomic E-state index is 6.62. The molecule has 9 aromatic rings. The molecule has 246 valence electrons. The van der Waals surface area contributed by atoms with E-state index < -0.39 is 0 Å². The van der Waals surface area contributed by atoms with Gasteiger partial charge in [-0.15, -0.1) is 0 Å². The van der Waals surface area contributed by atoms with Crippen molar-refractivity contribution in [3.63, 3.8) is 0 Å². The predicted molar refractivity (Wildman–Crippen MR) is 216 cm³/mol. The molecule has 0 N–H and O–H groups in total. The van der Waals surface area contributed by atoms with E-state index in [0.29, 0.717) is 17.5 Å². The fourth-order valence-electron chi connectivity index (χ4n) is 7.63. The number of hydrogen-bond acceptors (Lipinski definition) is 4. The molecule has 52 heavy (non-hydrogen) atoms. The Balaban J connectivity index is 1.11. The van der Waals surface area contributed by atoms with Crippen molar-refractivity contribution in [2.45, 2.75) is 12.8 Å². The first-order valence-corrected chi connectivity index (χ1v) is 17.6. The van der Waals surface area contributed by atoms with Crippen molar-refractivity contribution in [1.29, 1.82) is 0 Å². The van der Waals surface area contributed by atoms with Gasteiger partial charge in [0, 0.05) is 50.2 Å². The number of hydrogen-bond donors (Lipinski definition) is 0. The van der Waals surface area contributed by atoms with Crippen LogP contribution in [0.1, 0.15) is 29.9 Å². The minimum absolute atomic E-state index is 0.606. The van der Waals surface area contributed by atoms with E-state index in [1.807, 2.05) is 18.2 Å². The quantitative estimate of drug-likeness (QED) is 0.177. The van der Waals surface area contributed by atoms with Gasteiger partial charge in [0.1, 0.15) is 11.2 Å². The van der Waals surface area contributed by atoms with Crippen LogP contribution in [-0.2, 0) is 0 Å². The molecule has 0 unspecified atom stereocenters. The normalized spacial score (nSPS) is 13.0. The van der Waals surface area contributed by atoms with Crippen molar-refractivity contribution in [3.8, 4) is 28.5 Å². The minimum atomic E-state index is 0.606. The highest BCUT2D eigenvalue weighted by molar-refractivity contribution is 6.07. The van der Waals surface area contributed by atoms with Gasteiger partial charge < -0.3 is 8.98 Å². The summed E-state index contributed by atoms with van der Waals surface area (Å²) in [4.78, 5) is 15.0. The molecule has 3 aromatic heterocycles. The highest BCUT2D eigenvalue weighted by Gasteiger charge is 2.19. The molecule has 0 bridgehead atoms. The monoisotopic (exact) mass is 668 g/mol. The fraction of sp³-hybridized carbons (Fsp3) is 0.0426. The van der Waals surface area contributed by atoms with Gasteiger partial charge in [0.05, 0.1) is 11.2 Å². The Morgan fingerprint density at radius 2 is 1.23 bits per heavy atom. The van der Waals surface area contributed by atoms with Crippen molar-refractivity contribution in [3.05, 3.63) is 164 Å². The van der Waals surface area contributed by atoms with Crippen molar-refractivity contribution < 1.29 is 4.42 Å². The highest BCUT2D eigenvalue weighted by atomic mass is 16.3. The van der Waals surface area contributed by atoms with Crippen LogP contribution in [-0.4, -0.2) is 19.5 Å². The van der Waals surface area contributed by atoms with Crippen LogP contribution < -0.4 is 0 Å². The average molecular weight is 669 g/mol. The smallest absolute Gasteiger partial charge is 0.164 e. The number of fused-ring (bicyclic) bond motifs is 6. The Kier molecular flexibility index (Phi) is 6.86. The summed E-state index contributed by atoms with van der Waals surface area (Å²) in [6.07, 6.45) is 12.3. The summed E-state index contributed by atoms with van der Waals surface area (Å²) in [6, 6.07) is 40.3. The van der Waals surface area contributed by atoms with Crippen LogP contribution in [0.2, 0.25) is 0 Å². The van der Waals surface area contributed by atoms with E-state index in [2.05, 4.69) is 145 Å². The number of rotatable bonds is 6. The summed E-state index contributed by atoms with van der Waals surface area (Å²) < 4.78 is 8.87. The van der Waals surface area contributed by atoms with Crippen molar-refractivity contribution >= 4 is 72.1 Å². The van der Waals surface area contributed by atoms with Crippen LogP contribution in [0.3, 0.4) is 0 Å². The summed E-state index contributed by atoms with van der Waals surface area (Å²) in [5, 5.41) is 7.91. The molecule has 3 heterocycles. The fourth-order valence-corrected chi connectivity index (χ4v) is 7.63. The molecule has 5 nitrogen and oxygen atoms in total. The molecule has 6 aromatic carbocycles. The first-order chi connectivity index (χ1) is 25.6. The Labute approximate surface area is 300 Å². The van der Waals surface area contributed by atoms with E-state index in [0.717, 1.165) is 84.7 Å². The summed E-state index contributed by atoms with van der Waals surface area (Å²) in [7, 11) is 0. The summed E-state index contributed by atoms with van der Waals surface area (Å²) in [5.74, 6) is 1.92. The van der Waals surface area contributed by atoms with Gasteiger partial charge in [-0.25, -0.2) is 15.0 Å². The molecule has 1 aliphatic rings. The van der Waals surface area contributed by atoms with E-state index >= 15 is 0 Å². The maximum atomic E-state index is 6.62. The lowest BCUT2D eigenvalue weighted by Crippen LogP contribution is -2.03. The van der Waals surface area contributed by atoms with Crippen molar-refractivity contribution in [1.82, 2.24) is 19.5 Å². The summed E-state index contributed by atoms with van der Waals surface area (Å²) in [5.41, 5.74) is 8.54. The zero-order chi connectivity index (χ0) is 34.8. The lowest BCUT2D eigenvalue weighted by atomic mass is 10.0. The van der Waals surface area contributed by atoms with Crippen LogP contribution in [0.4, 0.5) is 0 Å². The van der Waals surface area contributed by atoms with Gasteiger partial charge in [0.25, 0.3) is 0 Å². The second kappa shape index (κ2) is 11.9. The molecule has 0 atom stereocenters. The Bertz CT molecular complexity index is 3010. The van der Waals surface area contributed by atoms with E-state index in [1.54, 1.807) is 0 Å². The standard InChI is InChI=1S/C47H32N4O/c1-3-37-40-25-32-16-10-11-17-33(32)26-42(40)51(41(37)4-2)36-21-23-39-38-22-20-35(27-43(38)52-44(39)28-36)47-49-45(30-13-6-5-7-14-30)48-46(50-47)34-19-18-29-12-8-9-15-31(29)24-34/h3-4,6,8-28H,1-2,5,7H2. The zero-order valence-corrected chi connectivity index (χ0v) is 28.4. The van der Waals surface area contributed by atoms with E-state index in [4.69, 9.17) is 19.4 Å². The maximum Gasteiger partial charge on any atom is 0.164 e. The van der Waals surface area contributed by atoms with Gasteiger partial charge in [-0.1, -0.05) is 104 Å². The van der Waals surface area contributed by atoms with E-state index in [-0.39, 0.29) is 0 Å². The number of benzene rings is 6. The molecule has 0 radical (unpaired) electrons.